The Kier molecular flexibility index (Phi) is 13.3. The van der Waals surface area contributed by atoms with Gasteiger partial charge in [-0.15, -0.1) is 0 Å². The monoisotopic (exact) mass is 832 g/mol. The van der Waals surface area contributed by atoms with Gasteiger partial charge in [0, 0.05) is 95.2 Å². The van der Waals surface area contributed by atoms with Gasteiger partial charge in [-0.05, 0) is 99.9 Å². The first kappa shape index (κ1) is 42.4. The summed E-state index contributed by atoms with van der Waals surface area (Å²) in [4.78, 5) is 54.1. The van der Waals surface area contributed by atoms with Crippen LogP contribution in [0.4, 0.5) is 45.8 Å². The van der Waals surface area contributed by atoms with Crippen LogP contribution in [0.1, 0.15) is 62.5 Å². The normalized spacial score (nSPS) is 20.9. The number of anilines is 8. The van der Waals surface area contributed by atoms with E-state index in [0.29, 0.717) is 64.3 Å². The lowest BCUT2D eigenvalue weighted by atomic mass is 9.86. The fraction of sp³-hybridized carbons (Fsp3) is 0.489. The maximum atomic E-state index is 14.7. The number of amides is 2. The smallest absolute Gasteiger partial charge is 0.230 e. The average Bonchev–Trinajstić information content (AvgIpc) is 3.55. The second-order valence-electron chi connectivity index (χ2n) is 16.8. The number of fused-ring (bicyclic) bond motifs is 4. The first-order valence-corrected chi connectivity index (χ1v) is 21.7. The highest BCUT2D eigenvalue weighted by Crippen LogP contribution is 2.45. The Morgan fingerprint density at radius 2 is 1.23 bits per heavy atom. The van der Waals surface area contributed by atoms with Crippen LogP contribution >= 0.6 is 0 Å². The van der Waals surface area contributed by atoms with Gasteiger partial charge >= 0.3 is 0 Å². The molecule has 2 saturated carbocycles. The third kappa shape index (κ3) is 9.18. The summed E-state index contributed by atoms with van der Waals surface area (Å²) in [6.07, 6.45) is 9.59. The minimum Gasteiger partial charge on any atom is -0.383 e. The topological polar surface area (TPSA) is 125 Å². The van der Waals surface area contributed by atoms with E-state index in [-0.39, 0.29) is 35.9 Å². The molecular formula is C47H60N8O6. The van der Waals surface area contributed by atoms with Gasteiger partial charge in [-0.1, -0.05) is 12.1 Å². The molecule has 0 radical (unpaired) electrons. The van der Waals surface area contributed by atoms with Gasteiger partial charge in [0.15, 0.2) is 5.82 Å². The molecule has 2 amide bonds. The minimum atomic E-state index is -0.186. The zero-order valence-corrected chi connectivity index (χ0v) is 36.2. The quantitative estimate of drug-likeness (QED) is 0.143. The van der Waals surface area contributed by atoms with Crippen LogP contribution in [0, 0.1) is 11.8 Å². The molecule has 0 unspecified atom stereocenters. The SMILES string of the molecule is COCCN(C)c1ccc2c(c1)N(C(=O)C1CCC(ON3c4ccc(N(C)CCOC)cc4N(C(=O)C4CCC(OC)CC4)Cc4cccnc43)CC1)Cc1cccnc1N2. The van der Waals surface area contributed by atoms with E-state index in [2.05, 4.69) is 44.4 Å². The third-order valence-electron chi connectivity index (χ3n) is 12.9. The van der Waals surface area contributed by atoms with Crippen molar-refractivity contribution in [3.8, 4) is 0 Å². The number of likely N-dealkylation sites (N-methyl/N-ethyl adjacent to an activating group) is 2. The molecule has 324 valence electrons. The van der Waals surface area contributed by atoms with Crippen LogP contribution in [-0.2, 0) is 41.7 Å². The van der Waals surface area contributed by atoms with E-state index in [1.807, 2.05) is 65.4 Å². The number of hydrogen-bond acceptors (Lipinski definition) is 12. The number of pyridine rings is 2. The zero-order chi connectivity index (χ0) is 42.5. The molecule has 2 aromatic heterocycles. The fourth-order valence-corrected chi connectivity index (χ4v) is 9.16. The molecule has 14 nitrogen and oxygen atoms in total. The molecule has 0 atom stereocenters. The summed E-state index contributed by atoms with van der Waals surface area (Å²) in [5.41, 5.74) is 7.10. The second-order valence-corrected chi connectivity index (χ2v) is 16.8. The summed E-state index contributed by atoms with van der Waals surface area (Å²) >= 11 is 0. The van der Waals surface area contributed by atoms with Gasteiger partial charge in [0.2, 0.25) is 11.8 Å². The maximum absolute atomic E-state index is 14.7. The Balaban J connectivity index is 1.05. The van der Waals surface area contributed by atoms with Gasteiger partial charge in [-0.2, -0.15) is 0 Å². The first-order valence-electron chi connectivity index (χ1n) is 21.7. The number of carbonyl (C=O) groups is 2. The molecule has 2 aliphatic heterocycles. The number of carbonyl (C=O) groups excluding carboxylic acids is 2. The largest absolute Gasteiger partial charge is 0.383 e. The zero-order valence-electron chi connectivity index (χ0n) is 36.2. The summed E-state index contributed by atoms with van der Waals surface area (Å²) in [7, 11) is 9.24. The number of methoxy groups -OCH3 is 3. The van der Waals surface area contributed by atoms with Crippen LogP contribution in [0.25, 0.3) is 0 Å². The molecule has 61 heavy (non-hydrogen) atoms. The number of hydrogen-bond donors (Lipinski definition) is 1. The van der Waals surface area contributed by atoms with Gasteiger partial charge in [0.1, 0.15) is 5.82 Å². The lowest BCUT2D eigenvalue weighted by Gasteiger charge is -2.35. The van der Waals surface area contributed by atoms with Crippen molar-refractivity contribution in [3.05, 3.63) is 84.2 Å². The van der Waals surface area contributed by atoms with E-state index in [9.17, 15) is 9.59 Å². The Hall–Kier alpha value is -5.28. The molecule has 2 fully saturated rings. The molecule has 4 heterocycles. The molecule has 4 aromatic rings. The number of aromatic nitrogens is 2. The second kappa shape index (κ2) is 19.2. The molecule has 1 N–H and O–H groups in total. The Bertz CT molecular complexity index is 2160. The average molecular weight is 833 g/mol. The predicted octanol–water partition coefficient (Wildman–Crippen LogP) is 7.61. The van der Waals surface area contributed by atoms with Crippen molar-refractivity contribution in [2.75, 3.05) is 91.7 Å². The van der Waals surface area contributed by atoms with Crippen molar-refractivity contribution in [1.29, 1.82) is 0 Å². The first-order chi connectivity index (χ1) is 29.8. The van der Waals surface area contributed by atoms with Crippen LogP contribution in [0.5, 0.6) is 0 Å². The summed E-state index contributed by atoms with van der Waals surface area (Å²) in [6.45, 7) is 3.39. The summed E-state index contributed by atoms with van der Waals surface area (Å²) in [6, 6.07) is 20.3. The number of nitrogens with zero attached hydrogens (tertiary/aromatic N) is 7. The van der Waals surface area contributed by atoms with Crippen molar-refractivity contribution in [3.63, 3.8) is 0 Å². The van der Waals surface area contributed by atoms with Crippen LogP contribution < -0.4 is 30.0 Å². The lowest BCUT2D eigenvalue weighted by molar-refractivity contribution is -0.125. The Labute approximate surface area is 359 Å². The van der Waals surface area contributed by atoms with Gasteiger partial charge in [0.05, 0.1) is 61.3 Å². The van der Waals surface area contributed by atoms with E-state index in [1.54, 1.807) is 33.7 Å². The molecule has 2 aliphatic carbocycles. The maximum Gasteiger partial charge on any atom is 0.230 e. The van der Waals surface area contributed by atoms with Gasteiger partial charge in [-0.25, -0.2) is 15.0 Å². The van der Waals surface area contributed by atoms with Crippen molar-refractivity contribution >= 4 is 57.6 Å². The fourth-order valence-electron chi connectivity index (χ4n) is 9.16. The molecule has 0 bridgehead atoms. The van der Waals surface area contributed by atoms with Crippen LogP contribution in [0.3, 0.4) is 0 Å². The molecular weight excluding hydrogens is 773 g/mol. The van der Waals surface area contributed by atoms with Crippen molar-refractivity contribution in [1.82, 2.24) is 9.97 Å². The van der Waals surface area contributed by atoms with Crippen LogP contribution in [0.2, 0.25) is 0 Å². The van der Waals surface area contributed by atoms with Gasteiger partial charge in [-0.3, -0.25) is 14.4 Å². The number of nitrogens with one attached hydrogen (secondary N) is 1. The number of benzene rings is 2. The highest BCUT2D eigenvalue weighted by atomic mass is 16.7. The Morgan fingerprint density at radius 3 is 1.87 bits per heavy atom. The summed E-state index contributed by atoms with van der Waals surface area (Å²) in [5, 5.41) is 5.36. The summed E-state index contributed by atoms with van der Waals surface area (Å²) in [5.74, 6) is 1.36. The molecule has 4 aliphatic rings. The highest BCUT2D eigenvalue weighted by Gasteiger charge is 2.38. The molecule has 2 aromatic carbocycles. The molecule has 8 rings (SSSR count). The van der Waals surface area contributed by atoms with E-state index in [4.69, 9.17) is 24.0 Å². The van der Waals surface area contributed by atoms with Crippen molar-refractivity contribution in [2.45, 2.75) is 76.7 Å². The molecule has 14 heteroatoms. The molecule has 0 saturated heterocycles. The van der Waals surface area contributed by atoms with Gasteiger partial charge < -0.3 is 39.1 Å². The number of ether oxygens (including phenoxy) is 3. The van der Waals surface area contributed by atoms with E-state index >= 15 is 0 Å². The van der Waals surface area contributed by atoms with Crippen molar-refractivity contribution < 1.29 is 28.6 Å². The van der Waals surface area contributed by atoms with Crippen molar-refractivity contribution in [2.24, 2.45) is 11.8 Å². The highest BCUT2D eigenvalue weighted by molar-refractivity contribution is 6.01. The minimum absolute atomic E-state index is 0.0980. The summed E-state index contributed by atoms with van der Waals surface area (Å²) < 4.78 is 16.4. The van der Waals surface area contributed by atoms with E-state index in [0.717, 1.165) is 83.3 Å². The van der Waals surface area contributed by atoms with Crippen LogP contribution in [0.15, 0.2) is 73.1 Å². The van der Waals surface area contributed by atoms with Gasteiger partial charge in [0.25, 0.3) is 0 Å². The van der Waals surface area contributed by atoms with E-state index in [1.165, 1.54) is 0 Å². The lowest BCUT2D eigenvalue weighted by Crippen LogP contribution is -2.39. The standard InChI is InChI=1S/C47H60N8O6/c1-51(24-26-58-3)36-14-20-40-42(28-36)53(30-34-8-6-22-48-44(34)50-40)46(56)33-12-18-39(19-13-33)61-55-41-21-15-37(52(2)25-27-59-4)29-43(41)54(31-35-9-7-23-49-45(35)55)47(57)32-10-16-38(60-5)17-11-32/h6-9,14-15,20-23,28-29,32-33,38-39H,10-13,16-19,24-27,30-31H2,1-5H3,(H,48,50). The Morgan fingerprint density at radius 1 is 0.672 bits per heavy atom. The number of rotatable bonds is 13. The van der Waals surface area contributed by atoms with E-state index < -0.39 is 0 Å². The predicted molar refractivity (Wildman–Crippen MR) is 239 cm³/mol. The third-order valence-corrected chi connectivity index (χ3v) is 12.9. The molecule has 0 spiro atoms. The van der Waals surface area contributed by atoms with Crippen LogP contribution in [-0.4, -0.2) is 95.7 Å².